The molecule has 1 unspecified atom stereocenters. The first-order valence-corrected chi connectivity index (χ1v) is 11.8. The lowest BCUT2D eigenvalue weighted by atomic mass is 9.72. The van der Waals surface area contributed by atoms with Gasteiger partial charge in [-0.1, -0.05) is 50.1 Å². The molecule has 2 heterocycles. The minimum absolute atomic E-state index is 0.114. The minimum atomic E-state index is 0.114. The van der Waals surface area contributed by atoms with Crippen LogP contribution in [0.15, 0.2) is 35.4 Å². The molecule has 1 aromatic rings. The second-order valence-corrected chi connectivity index (χ2v) is 10.6. The molecule has 0 spiro atoms. The molecule has 0 amide bonds. The van der Waals surface area contributed by atoms with Gasteiger partial charge in [0.05, 0.1) is 6.04 Å². The Morgan fingerprint density at radius 3 is 2.30 bits per heavy atom. The molecule has 1 saturated heterocycles. The number of hydrogen-bond acceptors (Lipinski definition) is 4. The van der Waals surface area contributed by atoms with E-state index in [1.807, 2.05) is 0 Å². The van der Waals surface area contributed by atoms with Crippen molar-refractivity contribution in [1.82, 2.24) is 9.91 Å². The predicted octanol–water partition coefficient (Wildman–Crippen LogP) is 5.84. The van der Waals surface area contributed by atoms with Crippen LogP contribution in [0, 0.1) is 5.92 Å². The molecule has 2 aliphatic rings. The van der Waals surface area contributed by atoms with E-state index in [1.54, 1.807) is 0 Å². The SMILES string of the molecule is CCCCCN1N=C(C(=O)CC2CC(C)(C)N(C)C(C)(C)C2)CC1c1ccccc1. The lowest BCUT2D eigenvalue weighted by Crippen LogP contribution is -2.58. The summed E-state index contributed by atoms with van der Waals surface area (Å²) in [5.74, 6) is 0.681. The third kappa shape index (κ3) is 5.14. The Balaban J connectivity index is 1.71. The molecule has 0 saturated carbocycles. The fourth-order valence-electron chi connectivity index (χ4n) is 5.52. The number of rotatable bonds is 8. The Morgan fingerprint density at radius 1 is 1.07 bits per heavy atom. The molecular formula is C26H41N3O. The van der Waals surface area contributed by atoms with Crippen LogP contribution in [-0.2, 0) is 4.79 Å². The molecule has 0 bridgehead atoms. The summed E-state index contributed by atoms with van der Waals surface area (Å²) in [7, 11) is 2.22. The lowest BCUT2D eigenvalue weighted by molar-refractivity contribution is -0.115. The molecule has 1 aromatic carbocycles. The first-order chi connectivity index (χ1) is 14.1. The molecule has 30 heavy (non-hydrogen) atoms. The third-order valence-corrected chi connectivity index (χ3v) is 7.36. The summed E-state index contributed by atoms with van der Waals surface area (Å²) >= 11 is 0. The van der Waals surface area contributed by atoms with E-state index in [0.717, 1.165) is 37.9 Å². The molecule has 4 nitrogen and oxygen atoms in total. The van der Waals surface area contributed by atoms with Crippen LogP contribution < -0.4 is 0 Å². The maximum Gasteiger partial charge on any atom is 0.179 e. The van der Waals surface area contributed by atoms with E-state index in [0.29, 0.717) is 12.3 Å². The number of unbranched alkanes of at least 4 members (excludes halogenated alkanes) is 2. The normalized spacial score (nSPS) is 24.1. The molecule has 4 heteroatoms. The van der Waals surface area contributed by atoms with E-state index in [-0.39, 0.29) is 22.9 Å². The monoisotopic (exact) mass is 411 g/mol. The molecule has 0 N–H and O–H groups in total. The number of ketones is 1. The number of carbonyl (C=O) groups is 1. The molecule has 0 aliphatic carbocycles. The highest BCUT2D eigenvalue weighted by Crippen LogP contribution is 2.42. The van der Waals surface area contributed by atoms with Gasteiger partial charge in [-0.3, -0.25) is 14.7 Å². The van der Waals surface area contributed by atoms with Crippen molar-refractivity contribution in [3.8, 4) is 0 Å². The number of likely N-dealkylation sites (tertiary alicyclic amines) is 1. The summed E-state index contributed by atoms with van der Waals surface area (Å²) in [6.07, 6.45) is 7.03. The zero-order valence-corrected chi connectivity index (χ0v) is 19.9. The number of carbonyl (C=O) groups excluding carboxylic acids is 1. The van der Waals surface area contributed by atoms with Gasteiger partial charge in [0.15, 0.2) is 5.78 Å². The van der Waals surface area contributed by atoms with E-state index < -0.39 is 0 Å². The molecule has 2 aliphatic heterocycles. The fourth-order valence-corrected chi connectivity index (χ4v) is 5.52. The van der Waals surface area contributed by atoms with Gasteiger partial charge in [-0.2, -0.15) is 5.10 Å². The van der Waals surface area contributed by atoms with Crippen molar-refractivity contribution in [1.29, 1.82) is 0 Å². The average Bonchev–Trinajstić information content (AvgIpc) is 3.11. The largest absolute Gasteiger partial charge is 0.296 e. The van der Waals surface area contributed by atoms with E-state index in [1.165, 1.54) is 18.4 Å². The molecule has 1 atom stereocenters. The van der Waals surface area contributed by atoms with Crippen molar-refractivity contribution in [3.05, 3.63) is 35.9 Å². The van der Waals surface area contributed by atoms with Gasteiger partial charge in [-0.05, 0) is 65.5 Å². The number of hydrogen-bond donors (Lipinski definition) is 0. The zero-order chi connectivity index (χ0) is 21.9. The summed E-state index contributed by atoms with van der Waals surface area (Å²) in [4.78, 5) is 15.8. The summed E-state index contributed by atoms with van der Waals surface area (Å²) in [6, 6.07) is 10.8. The molecular weight excluding hydrogens is 370 g/mol. The maximum absolute atomic E-state index is 13.3. The van der Waals surface area contributed by atoms with Crippen molar-refractivity contribution in [3.63, 3.8) is 0 Å². The van der Waals surface area contributed by atoms with Crippen LogP contribution in [-0.4, -0.2) is 46.1 Å². The van der Waals surface area contributed by atoms with E-state index in [4.69, 9.17) is 5.10 Å². The summed E-state index contributed by atoms with van der Waals surface area (Å²) in [5, 5.41) is 7.04. The van der Waals surface area contributed by atoms with Crippen molar-refractivity contribution in [2.45, 2.75) is 96.7 Å². The number of benzene rings is 1. The van der Waals surface area contributed by atoms with Crippen molar-refractivity contribution in [2.75, 3.05) is 13.6 Å². The summed E-state index contributed by atoms with van der Waals surface area (Å²) < 4.78 is 0. The topological polar surface area (TPSA) is 35.9 Å². The van der Waals surface area contributed by atoms with Crippen LogP contribution >= 0.6 is 0 Å². The average molecular weight is 412 g/mol. The minimum Gasteiger partial charge on any atom is -0.296 e. The Kier molecular flexibility index (Phi) is 7.06. The number of nitrogens with zero attached hydrogens (tertiary/aromatic N) is 3. The van der Waals surface area contributed by atoms with Gasteiger partial charge in [0, 0.05) is 30.5 Å². The van der Waals surface area contributed by atoms with Crippen LogP contribution in [0.1, 0.15) is 91.2 Å². The van der Waals surface area contributed by atoms with E-state index in [2.05, 4.69) is 81.9 Å². The van der Waals surface area contributed by atoms with Crippen molar-refractivity contribution < 1.29 is 4.79 Å². The van der Waals surface area contributed by atoms with Crippen LogP contribution in [0.5, 0.6) is 0 Å². The predicted molar refractivity (Wildman–Crippen MR) is 126 cm³/mol. The van der Waals surface area contributed by atoms with Gasteiger partial charge in [-0.15, -0.1) is 0 Å². The van der Waals surface area contributed by atoms with Crippen LogP contribution in [0.4, 0.5) is 0 Å². The number of Topliss-reactive ketones (excluding diaryl/α,β-unsaturated/α-hetero) is 1. The van der Waals surface area contributed by atoms with Crippen LogP contribution in [0.3, 0.4) is 0 Å². The first-order valence-electron chi connectivity index (χ1n) is 11.8. The van der Waals surface area contributed by atoms with Crippen molar-refractivity contribution >= 4 is 11.5 Å². The van der Waals surface area contributed by atoms with E-state index >= 15 is 0 Å². The standard InChI is InChI=1S/C26H41N3O/c1-7-8-12-15-29-23(21-13-10-9-11-14-21)17-22(27-29)24(30)16-20-18-25(2,3)28(6)26(4,5)19-20/h9-11,13-14,20,23H,7-8,12,15-19H2,1-6H3. The number of piperidine rings is 1. The molecule has 0 radical (unpaired) electrons. The second-order valence-electron chi connectivity index (χ2n) is 10.6. The highest BCUT2D eigenvalue weighted by atomic mass is 16.1. The van der Waals surface area contributed by atoms with Gasteiger partial charge in [-0.25, -0.2) is 0 Å². The quantitative estimate of drug-likeness (QED) is 0.504. The Bertz CT molecular complexity index is 735. The highest BCUT2D eigenvalue weighted by molar-refractivity contribution is 6.40. The number of hydrazone groups is 1. The Labute approximate surface area is 183 Å². The van der Waals surface area contributed by atoms with Gasteiger partial charge in [0.2, 0.25) is 0 Å². The highest BCUT2D eigenvalue weighted by Gasteiger charge is 2.44. The summed E-state index contributed by atoms with van der Waals surface area (Å²) in [5.41, 5.74) is 2.28. The van der Waals surface area contributed by atoms with Gasteiger partial charge >= 0.3 is 0 Å². The van der Waals surface area contributed by atoms with Gasteiger partial charge in [0.1, 0.15) is 5.71 Å². The molecule has 166 valence electrons. The molecule has 3 rings (SSSR count). The van der Waals surface area contributed by atoms with Crippen LogP contribution in [0.25, 0.3) is 0 Å². The Morgan fingerprint density at radius 2 is 1.70 bits per heavy atom. The van der Waals surface area contributed by atoms with Gasteiger partial charge < -0.3 is 0 Å². The smallest absolute Gasteiger partial charge is 0.179 e. The van der Waals surface area contributed by atoms with E-state index in [9.17, 15) is 4.79 Å². The Hall–Kier alpha value is -1.68. The van der Waals surface area contributed by atoms with Gasteiger partial charge in [0.25, 0.3) is 0 Å². The van der Waals surface area contributed by atoms with Crippen molar-refractivity contribution in [2.24, 2.45) is 11.0 Å². The lowest BCUT2D eigenvalue weighted by Gasteiger charge is -2.53. The molecule has 1 fully saturated rings. The second kappa shape index (κ2) is 9.21. The maximum atomic E-state index is 13.3. The third-order valence-electron chi connectivity index (χ3n) is 7.36. The zero-order valence-electron chi connectivity index (χ0n) is 19.9. The molecule has 0 aromatic heterocycles. The first kappa shape index (κ1) is 23.0. The fraction of sp³-hybridized carbons (Fsp3) is 0.692. The van der Waals surface area contributed by atoms with Crippen LogP contribution in [0.2, 0.25) is 0 Å². The summed E-state index contributed by atoms with van der Waals surface area (Å²) in [6.45, 7) is 12.4.